The van der Waals surface area contributed by atoms with Gasteiger partial charge in [-0.25, -0.2) is 9.48 Å². The summed E-state index contributed by atoms with van der Waals surface area (Å²) < 4.78 is 8.34. The molecule has 0 amide bonds. The van der Waals surface area contributed by atoms with Crippen LogP contribution in [0.15, 0.2) is 29.2 Å². The minimum absolute atomic E-state index is 0.0989. The molecule has 2 heterocycles. The van der Waals surface area contributed by atoms with Gasteiger partial charge in [-0.2, -0.15) is 0 Å². The summed E-state index contributed by atoms with van der Waals surface area (Å²) in [5.74, 6) is -0.0711. The normalized spacial score (nSPS) is 11.2. The lowest BCUT2D eigenvalue weighted by atomic mass is 10.1. The van der Waals surface area contributed by atoms with Crippen LogP contribution in [0.5, 0.6) is 0 Å². The van der Waals surface area contributed by atoms with Crippen LogP contribution in [0.3, 0.4) is 0 Å². The highest BCUT2D eigenvalue weighted by Crippen LogP contribution is 2.08. The molecule has 108 valence electrons. The Kier molecular flexibility index (Phi) is 4.27. The smallest absolute Gasteiger partial charge is 0.343 e. The maximum atomic E-state index is 12.5. The molecule has 5 heteroatoms. The van der Waals surface area contributed by atoms with Gasteiger partial charge in [0.05, 0.1) is 12.1 Å². The molecular weight excluding hydrogens is 256 g/mol. The molecule has 0 aliphatic heterocycles. The fourth-order valence-electron chi connectivity index (χ4n) is 2.11. The molecule has 0 unspecified atom stereocenters. The Morgan fingerprint density at radius 1 is 1.40 bits per heavy atom. The molecular formula is C15H20N2O3. The second-order valence-corrected chi connectivity index (χ2v) is 5.17. The Morgan fingerprint density at radius 2 is 2.15 bits per heavy atom. The van der Waals surface area contributed by atoms with Gasteiger partial charge in [-0.05, 0) is 37.5 Å². The van der Waals surface area contributed by atoms with Crippen molar-refractivity contribution >= 4 is 11.5 Å². The van der Waals surface area contributed by atoms with E-state index < -0.39 is 5.97 Å². The number of esters is 1. The van der Waals surface area contributed by atoms with Gasteiger partial charge in [0.1, 0.15) is 5.56 Å². The van der Waals surface area contributed by atoms with Crippen LogP contribution in [0.4, 0.5) is 0 Å². The first-order valence-corrected chi connectivity index (χ1v) is 6.93. The minimum Gasteiger partial charge on any atom is -0.462 e. The van der Waals surface area contributed by atoms with Crippen LogP contribution in [-0.2, 0) is 11.3 Å². The van der Waals surface area contributed by atoms with Gasteiger partial charge < -0.3 is 4.74 Å². The summed E-state index contributed by atoms with van der Waals surface area (Å²) in [5.41, 5.74) is 0.617. The van der Waals surface area contributed by atoms with Gasteiger partial charge in [0.2, 0.25) is 0 Å². The third-order valence-corrected chi connectivity index (χ3v) is 3.19. The summed E-state index contributed by atoms with van der Waals surface area (Å²) >= 11 is 0. The molecule has 0 atom stereocenters. The summed E-state index contributed by atoms with van der Waals surface area (Å²) in [6.45, 7) is 6.77. The van der Waals surface area contributed by atoms with E-state index >= 15 is 0 Å². The van der Waals surface area contributed by atoms with Gasteiger partial charge in [-0.15, -0.1) is 0 Å². The first-order chi connectivity index (χ1) is 9.54. The van der Waals surface area contributed by atoms with Gasteiger partial charge >= 0.3 is 5.97 Å². The number of nitrogens with zero attached hydrogens (tertiary/aromatic N) is 2. The van der Waals surface area contributed by atoms with Crippen molar-refractivity contribution in [2.24, 2.45) is 5.92 Å². The second kappa shape index (κ2) is 5.94. The first-order valence-electron chi connectivity index (χ1n) is 6.93. The predicted molar refractivity (Wildman–Crippen MR) is 77.1 cm³/mol. The number of rotatable bonds is 5. The Hall–Kier alpha value is -2.04. The standard InChI is InChI=1S/C15H20N2O3/c1-4-20-15(19)13-10-12-6-5-8-16(12)17(14(13)18)9-7-11(2)3/h5-6,8,10-11H,4,7,9H2,1-3H3. The summed E-state index contributed by atoms with van der Waals surface area (Å²) in [6.07, 6.45) is 2.70. The van der Waals surface area contributed by atoms with Crippen LogP contribution in [0.2, 0.25) is 0 Å². The van der Waals surface area contributed by atoms with Crippen molar-refractivity contribution in [3.63, 3.8) is 0 Å². The fraction of sp³-hybridized carbons (Fsp3) is 0.467. The van der Waals surface area contributed by atoms with Crippen molar-refractivity contribution in [1.29, 1.82) is 0 Å². The summed E-state index contributed by atoms with van der Waals surface area (Å²) in [5, 5.41) is 0. The molecule has 0 aliphatic carbocycles. The maximum Gasteiger partial charge on any atom is 0.343 e. The van der Waals surface area contributed by atoms with E-state index in [4.69, 9.17) is 4.74 Å². The number of hydrogen-bond donors (Lipinski definition) is 0. The summed E-state index contributed by atoms with van der Waals surface area (Å²) in [7, 11) is 0. The number of aryl methyl sites for hydroxylation is 1. The maximum absolute atomic E-state index is 12.5. The largest absolute Gasteiger partial charge is 0.462 e. The van der Waals surface area contributed by atoms with Gasteiger partial charge in [0.25, 0.3) is 5.56 Å². The molecule has 0 aromatic carbocycles. The molecule has 0 bridgehead atoms. The van der Waals surface area contributed by atoms with Crippen molar-refractivity contribution in [3.05, 3.63) is 40.3 Å². The number of fused-ring (bicyclic) bond motifs is 1. The van der Waals surface area contributed by atoms with Crippen LogP contribution in [-0.4, -0.2) is 21.8 Å². The SMILES string of the molecule is CCOC(=O)c1cc2cccn2n(CCC(C)C)c1=O. The van der Waals surface area contributed by atoms with Crippen molar-refractivity contribution < 1.29 is 9.53 Å². The lowest BCUT2D eigenvalue weighted by molar-refractivity contribution is 0.0523. The van der Waals surface area contributed by atoms with E-state index in [-0.39, 0.29) is 17.7 Å². The quantitative estimate of drug-likeness (QED) is 0.788. The molecule has 0 saturated carbocycles. The molecule has 0 N–H and O–H groups in total. The van der Waals surface area contributed by atoms with Gasteiger partial charge in [-0.1, -0.05) is 13.8 Å². The average molecular weight is 276 g/mol. The number of ether oxygens (including phenoxy) is 1. The number of carbonyl (C=O) groups is 1. The topological polar surface area (TPSA) is 52.7 Å². The summed E-state index contributed by atoms with van der Waals surface area (Å²) in [6, 6.07) is 5.32. The Balaban J connectivity index is 2.52. The van der Waals surface area contributed by atoms with E-state index in [0.717, 1.165) is 11.9 Å². The van der Waals surface area contributed by atoms with E-state index in [9.17, 15) is 9.59 Å². The van der Waals surface area contributed by atoms with Crippen molar-refractivity contribution in [3.8, 4) is 0 Å². The zero-order valence-corrected chi connectivity index (χ0v) is 12.1. The van der Waals surface area contributed by atoms with Crippen molar-refractivity contribution in [2.75, 3.05) is 6.61 Å². The highest BCUT2D eigenvalue weighted by atomic mass is 16.5. The molecule has 0 saturated heterocycles. The monoisotopic (exact) mass is 276 g/mol. The van der Waals surface area contributed by atoms with Crippen LogP contribution in [0.25, 0.3) is 5.52 Å². The highest BCUT2D eigenvalue weighted by Gasteiger charge is 2.16. The molecule has 0 fully saturated rings. The molecule has 2 aromatic rings. The first kappa shape index (κ1) is 14.4. The van der Waals surface area contributed by atoms with Gasteiger partial charge in [0, 0.05) is 12.7 Å². The van der Waals surface area contributed by atoms with E-state index in [0.29, 0.717) is 12.5 Å². The zero-order chi connectivity index (χ0) is 14.7. The highest BCUT2D eigenvalue weighted by molar-refractivity contribution is 5.90. The lowest BCUT2D eigenvalue weighted by Gasteiger charge is -2.13. The molecule has 0 spiro atoms. The third kappa shape index (κ3) is 2.76. The van der Waals surface area contributed by atoms with E-state index in [2.05, 4.69) is 13.8 Å². The molecule has 2 aromatic heterocycles. The van der Waals surface area contributed by atoms with Crippen molar-refractivity contribution in [1.82, 2.24) is 9.20 Å². The van der Waals surface area contributed by atoms with E-state index in [1.807, 2.05) is 18.3 Å². The molecule has 0 radical (unpaired) electrons. The number of hydrogen-bond acceptors (Lipinski definition) is 3. The average Bonchev–Trinajstić information content (AvgIpc) is 2.85. The lowest BCUT2D eigenvalue weighted by Crippen LogP contribution is -2.31. The third-order valence-electron chi connectivity index (χ3n) is 3.19. The van der Waals surface area contributed by atoms with Gasteiger partial charge in [0.15, 0.2) is 0 Å². The van der Waals surface area contributed by atoms with Crippen LogP contribution in [0, 0.1) is 5.92 Å². The number of carbonyl (C=O) groups excluding carboxylic acids is 1. The minimum atomic E-state index is -0.556. The van der Waals surface area contributed by atoms with Crippen LogP contribution < -0.4 is 5.56 Å². The van der Waals surface area contributed by atoms with Crippen LogP contribution >= 0.6 is 0 Å². The van der Waals surface area contributed by atoms with Crippen LogP contribution in [0.1, 0.15) is 37.6 Å². The molecule has 20 heavy (non-hydrogen) atoms. The molecule has 0 aliphatic rings. The summed E-state index contributed by atoms with van der Waals surface area (Å²) in [4.78, 5) is 24.3. The Labute approximate surface area is 117 Å². The van der Waals surface area contributed by atoms with E-state index in [1.54, 1.807) is 22.2 Å². The van der Waals surface area contributed by atoms with Gasteiger partial charge in [-0.3, -0.25) is 9.31 Å². The Morgan fingerprint density at radius 3 is 2.80 bits per heavy atom. The fourth-order valence-corrected chi connectivity index (χ4v) is 2.11. The second-order valence-electron chi connectivity index (χ2n) is 5.17. The zero-order valence-electron chi connectivity index (χ0n) is 12.1. The number of aromatic nitrogens is 2. The molecule has 2 rings (SSSR count). The van der Waals surface area contributed by atoms with E-state index in [1.165, 1.54) is 0 Å². The Bertz CT molecular complexity index is 667. The molecule has 5 nitrogen and oxygen atoms in total. The predicted octanol–water partition coefficient (Wildman–Crippen LogP) is 2.32. The van der Waals surface area contributed by atoms with Crippen molar-refractivity contribution in [2.45, 2.75) is 33.7 Å².